The number of hydrogen-bond donors (Lipinski definition) is 1. The standard InChI is InChI=1S/C10H22N2S/c1-6-7-12-9(2)13-10(3,4)8-11-5/h11H,6-8H2,1-5H3. The van der Waals surface area contributed by atoms with E-state index in [-0.39, 0.29) is 4.75 Å². The van der Waals surface area contributed by atoms with E-state index in [0.717, 1.165) is 19.5 Å². The Morgan fingerprint density at radius 3 is 2.54 bits per heavy atom. The van der Waals surface area contributed by atoms with Crippen molar-refractivity contribution >= 4 is 16.8 Å². The summed E-state index contributed by atoms with van der Waals surface area (Å²) in [5, 5.41) is 4.39. The predicted molar refractivity (Wildman–Crippen MR) is 63.9 cm³/mol. The maximum atomic E-state index is 4.46. The minimum absolute atomic E-state index is 0.246. The van der Waals surface area contributed by atoms with Crippen LogP contribution in [0.15, 0.2) is 4.99 Å². The van der Waals surface area contributed by atoms with Gasteiger partial charge in [-0.05, 0) is 34.2 Å². The van der Waals surface area contributed by atoms with Crippen molar-refractivity contribution in [2.75, 3.05) is 20.1 Å². The first kappa shape index (κ1) is 13.0. The summed E-state index contributed by atoms with van der Waals surface area (Å²) >= 11 is 1.85. The Kier molecular flexibility index (Phi) is 6.43. The van der Waals surface area contributed by atoms with Crippen molar-refractivity contribution in [3.8, 4) is 0 Å². The minimum atomic E-state index is 0.246. The van der Waals surface area contributed by atoms with E-state index >= 15 is 0 Å². The molecule has 2 nitrogen and oxygen atoms in total. The third-order valence-electron chi connectivity index (χ3n) is 1.58. The fourth-order valence-electron chi connectivity index (χ4n) is 1.16. The van der Waals surface area contributed by atoms with Gasteiger partial charge in [0.15, 0.2) is 0 Å². The summed E-state index contributed by atoms with van der Waals surface area (Å²) < 4.78 is 0.246. The zero-order valence-electron chi connectivity index (χ0n) is 9.48. The van der Waals surface area contributed by atoms with Gasteiger partial charge in [0, 0.05) is 17.8 Å². The smallest absolute Gasteiger partial charge is 0.0650 e. The summed E-state index contributed by atoms with van der Waals surface area (Å²) in [6.45, 7) is 10.7. The molecule has 0 spiro atoms. The van der Waals surface area contributed by atoms with Crippen LogP contribution in [0, 0.1) is 0 Å². The average Bonchev–Trinajstić information content (AvgIpc) is 1.99. The maximum Gasteiger partial charge on any atom is 0.0650 e. The van der Waals surface area contributed by atoms with Gasteiger partial charge in [-0.3, -0.25) is 4.99 Å². The monoisotopic (exact) mass is 202 g/mol. The van der Waals surface area contributed by atoms with Crippen LogP contribution in [-0.4, -0.2) is 29.9 Å². The fourth-order valence-corrected chi connectivity index (χ4v) is 2.34. The summed E-state index contributed by atoms with van der Waals surface area (Å²) in [6, 6.07) is 0. The van der Waals surface area contributed by atoms with Crippen LogP contribution in [-0.2, 0) is 0 Å². The van der Waals surface area contributed by atoms with Crippen LogP contribution >= 0.6 is 11.8 Å². The zero-order chi connectivity index (χ0) is 10.3. The Bertz CT molecular complexity index is 164. The highest BCUT2D eigenvalue weighted by Crippen LogP contribution is 2.24. The van der Waals surface area contributed by atoms with Crippen LogP contribution < -0.4 is 5.32 Å². The molecule has 0 radical (unpaired) electrons. The normalized spacial score (nSPS) is 13.5. The van der Waals surface area contributed by atoms with Crippen LogP contribution in [0.5, 0.6) is 0 Å². The highest BCUT2D eigenvalue weighted by atomic mass is 32.2. The quantitative estimate of drug-likeness (QED) is 0.547. The Hall–Kier alpha value is -0.0200. The van der Waals surface area contributed by atoms with E-state index in [1.165, 1.54) is 5.04 Å². The topological polar surface area (TPSA) is 24.4 Å². The van der Waals surface area contributed by atoms with Crippen molar-refractivity contribution in [1.82, 2.24) is 5.32 Å². The van der Waals surface area contributed by atoms with Crippen LogP contribution in [0.25, 0.3) is 0 Å². The first-order valence-corrected chi connectivity index (χ1v) is 5.68. The van der Waals surface area contributed by atoms with Gasteiger partial charge in [0.05, 0.1) is 5.04 Å². The molecule has 0 atom stereocenters. The molecular formula is C10H22N2S. The number of thioether (sulfide) groups is 1. The molecule has 0 heterocycles. The Labute approximate surface area is 86.6 Å². The molecule has 0 unspecified atom stereocenters. The first-order chi connectivity index (χ1) is 6.02. The molecule has 1 N–H and O–H groups in total. The van der Waals surface area contributed by atoms with Crippen LogP contribution in [0.4, 0.5) is 0 Å². The lowest BCUT2D eigenvalue weighted by atomic mass is 10.2. The lowest BCUT2D eigenvalue weighted by Crippen LogP contribution is -2.30. The molecule has 0 aromatic carbocycles. The van der Waals surface area contributed by atoms with Crippen molar-refractivity contribution in [3.05, 3.63) is 0 Å². The third kappa shape index (κ3) is 7.08. The van der Waals surface area contributed by atoms with E-state index < -0.39 is 0 Å². The average molecular weight is 202 g/mol. The molecule has 0 aliphatic rings. The van der Waals surface area contributed by atoms with Crippen molar-refractivity contribution in [1.29, 1.82) is 0 Å². The molecule has 0 saturated heterocycles. The number of nitrogens with zero attached hydrogens (tertiary/aromatic N) is 1. The number of rotatable bonds is 5. The number of nitrogens with one attached hydrogen (secondary N) is 1. The second kappa shape index (κ2) is 6.44. The second-order valence-electron chi connectivity index (χ2n) is 3.79. The number of hydrogen-bond acceptors (Lipinski definition) is 3. The lowest BCUT2D eigenvalue weighted by molar-refractivity contribution is 0.645. The lowest BCUT2D eigenvalue weighted by Gasteiger charge is -2.23. The van der Waals surface area contributed by atoms with E-state index in [4.69, 9.17) is 0 Å². The van der Waals surface area contributed by atoms with Crippen LogP contribution in [0.2, 0.25) is 0 Å². The SMILES string of the molecule is CCCN=C(C)SC(C)(C)CNC. The van der Waals surface area contributed by atoms with Gasteiger partial charge in [0.2, 0.25) is 0 Å². The summed E-state index contributed by atoms with van der Waals surface area (Å²) in [6.07, 6.45) is 1.13. The van der Waals surface area contributed by atoms with E-state index in [1.807, 2.05) is 18.8 Å². The maximum absolute atomic E-state index is 4.46. The van der Waals surface area contributed by atoms with E-state index in [2.05, 4.69) is 38.0 Å². The van der Waals surface area contributed by atoms with Gasteiger partial charge in [-0.2, -0.15) is 0 Å². The molecule has 13 heavy (non-hydrogen) atoms. The highest BCUT2D eigenvalue weighted by molar-refractivity contribution is 8.15. The van der Waals surface area contributed by atoms with Gasteiger partial charge in [0.25, 0.3) is 0 Å². The molecular weight excluding hydrogens is 180 g/mol. The molecule has 0 amide bonds. The molecule has 3 heteroatoms. The molecule has 0 saturated carbocycles. The van der Waals surface area contributed by atoms with Crippen molar-refractivity contribution < 1.29 is 0 Å². The summed E-state index contributed by atoms with van der Waals surface area (Å²) in [5.41, 5.74) is 0. The summed E-state index contributed by atoms with van der Waals surface area (Å²) in [7, 11) is 1.99. The Morgan fingerprint density at radius 1 is 1.46 bits per heavy atom. The molecule has 78 valence electrons. The van der Waals surface area contributed by atoms with Crippen LogP contribution in [0.1, 0.15) is 34.1 Å². The van der Waals surface area contributed by atoms with E-state index in [9.17, 15) is 0 Å². The highest BCUT2D eigenvalue weighted by Gasteiger charge is 2.18. The molecule has 0 aliphatic heterocycles. The first-order valence-electron chi connectivity index (χ1n) is 4.86. The van der Waals surface area contributed by atoms with Crippen LogP contribution in [0.3, 0.4) is 0 Å². The fraction of sp³-hybridized carbons (Fsp3) is 0.900. The zero-order valence-corrected chi connectivity index (χ0v) is 10.3. The molecule has 0 aromatic rings. The van der Waals surface area contributed by atoms with E-state index in [1.54, 1.807) is 0 Å². The van der Waals surface area contributed by atoms with E-state index in [0.29, 0.717) is 0 Å². The van der Waals surface area contributed by atoms with Gasteiger partial charge in [0.1, 0.15) is 0 Å². The molecule has 0 aliphatic carbocycles. The molecule has 0 fully saturated rings. The Balaban J connectivity index is 3.94. The second-order valence-corrected chi connectivity index (χ2v) is 5.69. The summed E-state index contributed by atoms with van der Waals surface area (Å²) in [5.74, 6) is 0. The Morgan fingerprint density at radius 2 is 2.08 bits per heavy atom. The van der Waals surface area contributed by atoms with Gasteiger partial charge < -0.3 is 5.32 Å². The largest absolute Gasteiger partial charge is 0.318 e. The van der Waals surface area contributed by atoms with Crippen molar-refractivity contribution in [2.45, 2.75) is 38.9 Å². The molecule has 0 aromatic heterocycles. The van der Waals surface area contributed by atoms with Crippen molar-refractivity contribution in [2.24, 2.45) is 4.99 Å². The number of aliphatic imine (C=N–C) groups is 1. The predicted octanol–water partition coefficient (Wildman–Crippen LogP) is 2.55. The van der Waals surface area contributed by atoms with Gasteiger partial charge >= 0.3 is 0 Å². The minimum Gasteiger partial charge on any atom is -0.318 e. The van der Waals surface area contributed by atoms with Gasteiger partial charge in [-0.15, -0.1) is 11.8 Å². The molecule has 0 bridgehead atoms. The summed E-state index contributed by atoms with van der Waals surface area (Å²) in [4.78, 5) is 4.46. The van der Waals surface area contributed by atoms with Crippen molar-refractivity contribution in [3.63, 3.8) is 0 Å². The third-order valence-corrected chi connectivity index (χ3v) is 2.71. The van der Waals surface area contributed by atoms with Gasteiger partial charge in [-0.1, -0.05) is 6.92 Å². The molecule has 0 rings (SSSR count). The van der Waals surface area contributed by atoms with Gasteiger partial charge in [-0.25, -0.2) is 0 Å².